The maximum absolute atomic E-state index is 5.61. The number of aryl methyl sites for hydroxylation is 3. The van der Waals surface area contributed by atoms with E-state index < -0.39 is 0 Å². The second-order valence-electron chi connectivity index (χ2n) is 4.15. The van der Waals surface area contributed by atoms with Crippen LogP contribution in [0.5, 0.6) is 0 Å². The average molecular weight is 247 g/mol. The Balaban J connectivity index is 1.90. The van der Waals surface area contributed by atoms with Gasteiger partial charge in [-0.1, -0.05) is 17.7 Å². The van der Waals surface area contributed by atoms with Crippen LogP contribution in [0.4, 0.5) is 5.69 Å². The van der Waals surface area contributed by atoms with Crippen LogP contribution in [0.25, 0.3) is 0 Å². The molecule has 17 heavy (non-hydrogen) atoms. The summed E-state index contributed by atoms with van der Waals surface area (Å²) < 4.78 is 1.88. The number of nitrogen functional groups attached to an aromatic ring is 1. The molecule has 0 aliphatic carbocycles. The van der Waals surface area contributed by atoms with E-state index in [1.54, 1.807) is 6.20 Å². The highest BCUT2D eigenvalue weighted by molar-refractivity contribution is 7.99. The fraction of sp³-hybridized carbons (Fsp3) is 0.308. The van der Waals surface area contributed by atoms with Crippen molar-refractivity contribution >= 4 is 17.4 Å². The van der Waals surface area contributed by atoms with Crippen LogP contribution in [-0.2, 0) is 6.54 Å². The molecule has 2 N–H and O–H groups in total. The monoisotopic (exact) mass is 247 g/mol. The summed E-state index contributed by atoms with van der Waals surface area (Å²) in [5.74, 6) is 1.00. The molecular formula is C13H17N3S. The molecule has 4 heteroatoms. The van der Waals surface area contributed by atoms with Crippen LogP contribution >= 0.6 is 11.8 Å². The predicted molar refractivity (Wildman–Crippen MR) is 73.3 cm³/mol. The van der Waals surface area contributed by atoms with Crippen molar-refractivity contribution in [3.63, 3.8) is 0 Å². The Morgan fingerprint density at radius 3 is 2.82 bits per heavy atom. The zero-order valence-corrected chi connectivity index (χ0v) is 11.0. The minimum Gasteiger partial charge on any atom is -0.396 e. The number of nitrogens with two attached hydrogens (primary N) is 1. The molecule has 1 aromatic heterocycles. The Labute approximate surface area is 106 Å². The second kappa shape index (κ2) is 5.27. The quantitative estimate of drug-likeness (QED) is 0.845. The van der Waals surface area contributed by atoms with E-state index in [0.717, 1.165) is 18.0 Å². The highest BCUT2D eigenvalue weighted by Gasteiger charge is 2.00. The van der Waals surface area contributed by atoms with Crippen molar-refractivity contribution in [2.24, 2.45) is 0 Å². The van der Waals surface area contributed by atoms with Crippen molar-refractivity contribution in [1.82, 2.24) is 9.78 Å². The summed E-state index contributed by atoms with van der Waals surface area (Å²) in [6, 6.07) is 6.56. The number of benzene rings is 1. The van der Waals surface area contributed by atoms with Crippen molar-refractivity contribution in [1.29, 1.82) is 0 Å². The van der Waals surface area contributed by atoms with Crippen LogP contribution in [0.3, 0.4) is 0 Å². The molecule has 0 bridgehead atoms. The van der Waals surface area contributed by atoms with Crippen molar-refractivity contribution in [3.8, 4) is 0 Å². The van der Waals surface area contributed by atoms with Gasteiger partial charge in [-0.15, -0.1) is 11.8 Å². The summed E-state index contributed by atoms with van der Waals surface area (Å²) in [7, 11) is 0. The summed E-state index contributed by atoms with van der Waals surface area (Å²) >= 11 is 1.86. The SMILES string of the molecule is Cc1ccc(SCCn2cc(N)cn2)c(C)c1. The first-order valence-corrected chi connectivity index (χ1v) is 6.62. The third-order valence-electron chi connectivity index (χ3n) is 2.56. The number of rotatable bonds is 4. The first-order chi connectivity index (χ1) is 8.15. The standard InChI is InChI=1S/C13H17N3S/c1-10-3-4-13(11(2)7-10)17-6-5-16-9-12(14)8-15-16/h3-4,7-9H,5-6,14H2,1-2H3. The molecular weight excluding hydrogens is 230 g/mol. The maximum atomic E-state index is 5.61. The zero-order chi connectivity index (χ0) is 12.3. The van der Waals surface area contributed by atoms with Crippen molar-refractivity contribution < 1.29 is 0 Å². The lowest BCUT2D eigenvalue weighted by atomic mass is 10.2. The summed E-state index contributed by atoms with van der Waals surface area (Å²) in [6.07, 6.45) is 3.55. The molecule has 0 aliphatic heterocycles. The molecule has 0 amide bonds. The molecule has 0 spiro atoms. The molecule has 1 heterocycles. The minimum atomic E-state index is 0.724. The van der Waals surface area contributed by atoms with Gasteiger partial charge in [0.1, 0.15) is 0 Å². The first kappa shape index (κ1) is 12.0. The number of nitrogens with zero attached hydrogens (tertiary/aromatic N) is 2. The zero-order valence-electron chi connectivity index (χ0n) is 10.2. The number of hydrogen-bond donors (Lipinski definition) is 1. The smallest absolute Gasteiger partial charge is 0.0719 e. The molecule has 0 aliphatic rings. The second-order valence-corrected chi connectivity index (χ2v) is 5.29. The minimum absolute atomic E-state index is 0.724. The predicted octanol–water partition coefficient (Wildman–Crippen LogP) is 2.87. The van der Waals surface area contributed by atoms with Gasteiger partial charge in [-0.25, -0.2) is 0 Å². The fourth-order valence-electron chi connectivity index (χ4n) is 1.71. The summed E-state index contributed by atoms with van der Waals surface area (Å²) in [5, 5.41) is 4.16. The molecule has 90 valence electrons. The van der Waals surface area contributed by atoms with Gasteiger partial charge in [-0.3, -0.25) is 4.68 Å². The van der Waals surface area contributed by atoms with Crippen LogP contribution in [-0.4, -0.2) is 15.5 Å². The van der Waals surface area contributed by atoms with E-state index in [-0.39, 0.29) is 0 Å². The Kier molecular flexibility index (Phi) is 3.74. The normalized spacial score (nSPS) is 10.7. The van der Waals surface area contributed by atoms with Gasteiger partial charge in [0.25, 0.3) is 0 Å². The molecule has 1 aromatic carbocycles. The van der Waals surface area contributed by atoms with Crippen LogP contribution in [0.15, 0.2) is 35.5 Å². The molecule has 0 radical (unpaired) electrons. The first-order valence-electron chi connectivity index (χ1n) is 5.63. The Bertz CT molecular complexity index is 505. The highest BCUT2D eigenvalue weighted by Crippen LogP contribution is 2.23. The van der Waals surface area contributed by atoms with Gasteiger partial charge in [0.05, 0.1) is 18.4 Å². The van der Waals surface area contributed by atoms with E-state index in [2.05, 4.69) is 37.1 Å². The van der Waals surface area contributed by atoms with Crippen LogP contribution < -0.4 is 5.73 Å². The Hall–Kier alpha value is -1.42. The lowest BCUT2D eigenvalue weighted by Gasteiger charge is -2.06. The van der Waals surface area contributed by atoms with Gasteiger partial charge >= 0.3 is 0 Å². The highest BCUT2D eigenvalue weighted by atomic mass is 32.2. The third-order valence-corrected chi connectivity index (χ3v) is 3.72. The summed E-state index contributed by atoms with van der Waals surface area (Å²) in [5.41, 5.74) is 8.99. The number of thioether (sulfide) groups is 1. The van der Waals surface area contributed by atoms with E-state index in [4.69, 9.17) is 5.73 Å². The summed E-state index contributed by atoms with van der Waals surface area (Å²) in [6.45, 7) is 5.16. The number of aromatic nitrogens is 2. The number of anilines is 1. The van der Waals surface area contributed by atoms with E-state index in [9.17, 15) is 0 Å². The van der Waals surface area contributed by atoms with E-state index in [0.29, 0.717) is 0 Å². The summed E-state index contributed by atoms with van der Waals surface area (Å²) in [4.78, 5) is 1.34. The van der Waals surface area contributed by atoms with Crippen LogP contribution in [0.1, 0.15) is 11.1 Å². The Morgan fingerprint density at radius 2 is 2.18 bits per heavy atom. The van der Waals surface area contributed by atoms with Gasteiger partial charge in [-0.05, 0) is 25.5 Å². The molecule has 0 unspecified atom stereocenters. The van der Waals surface area contributed by atoms with Gasteiger partial charge in [0.2, 0.25) is 0 Å². The van der Waals surface area contributed by atoms with Gasteiger partial charge in [0.15, 0.2) is 0 Å². The Morgan fingerprint density at radius 1 is 1.35 bits per heavy atom. The molecule has 0 saturated heterocycles. The maximum Gasteiger partial charge on any atom is 0.0719 e. The molecule has 0 atom stereocenters. The third kappa shape index (κ3) is 3.27. The largest absolute Gasteiger partial charge is 0.396 e. The lowest BCUT2D eigenvalue weighted by Crippen LogP contribution is -2.00. The van der Waals surface area contributed by atoms with Crippen LogP contribution in [0.2, 0.25) is 0 Å². The van der Waals surface area contributed by atoms with E-state index in [1.165, 1.54) is 16.0 Å². The van der Waals surface area contributed by atoms with E-state index >= 15 is 0 Å². The average Bonchev–Trinajstić information content (AvgIpc) is 2.68. The van der Waals surface area contributed by atoms with Gasteiger partial charge in [0, 0.05) is 16.8 Å². The van der Waals surface area contributed by atoms with Crippen LogP contribution in [0, 0.1) is 13.8 Å². The molecule has 2 rings (SSSR count). The topological polar surface area (TPSA) is 43.8 Å². The molecule has 2 aromatic rings. The molecule has 3 nitrogen and oxygen atoms in total. The molecule has 0 fully saturated rings. The molecule has 0 saturated carbocycles. The van der Waals surface area contributed by atoms with Crippen molar-refractivity contribution in [2.75, 3.05) is 11.5 Å². The van der Waals surface area contributed by atoms with Gasteiger partial charge < -0.3 is 5.73 Å². The van der Waals surface area contributed by atoms with Crippen molar-refractivity contribution in [2.45, 2.75) is 25.3 Å². The van der Waals surface area contributed by atoms with E-state index in [1.807, 2.05) is 22.6 Å². The van der Waals surface area contributed by atoms with Crippen molar-refractivity contribution in [3.05, 3.63) is 41.7 Å². The van der Waals surface area contributed by atoms with Gasteiger partial charge in [-0.2, -0.15) is 5.10 Å². The lowest BCUT2D eigenvalue weighted by molar-refractivity contribution is 0.666. The fourth-order valence-corrected chi connectivity index (χ4v) is 2.66. The number of hydrogen-bond acceptors (Lipinski definition) is 3.